The first-order chi connectivity index (χ1) is 33.8. The van der Waals surface area contributed by atoms with Gasteiger partial charge in [0.2, 0.25) is 5.88 Å². The number of benzene rings is 2. The van der Waals surface area contributed by atoms with Gasteiger partial charge < -0.3 is 29.0 Å². The van der Waals surface area contributed by atoms with E-state index in [1.807, 2.05) is 18.2 Å². The lowest BCUT2D eigenvalue weighted by Gasteiger charge is -2.38. The number of carbonyl (C=O) groups excluding carboxylic acids is 2. The van der Waals surface area contributed by atoms with Crippen molar-refractivity contribution in [2.24, 2.45) is 0 Å². The van der Waals surface area contributed by atoms with Crippen molar-refractivity contribution in [1.29, 1.82) is 0 Å². The van der Waals surface area contributed by atoms with E-state index in [0.717, 1.165) is 17.9 Å². The molecule has 0 radical (unpaired) electrons. The van der Waals surface area contributed by atoms with Crippen molar-refractivity contribution < 1.29 is 42.4 Å². The normalized spacial score (nSPS) is 18.8. The SMILES string of the molecule is CC(C)[Si](C#Cc1cccc2cc(O)cc(-c3nc4c5c(nc(OC[C@@]67CCCN6C[C@H](F)C7)nc5c3F)N([C@H](C)c3nccnc3N(C(=O)OC(C)(C)C)C(=O)OC(C)(C)C)CCO4)c12)(C(C)C)C(C)C. The van der Waals surface area contributed by atoms with E-state index >= 15 is 8.78 Å². The number of imide groups is 1. The van der Waals surface area contributed by atoms with Crippen LogP contribution in [0.3, 0.4) is 0 Å². The van der Waals surface area contributed by atoms with Gasteiger partial charge >= 0.3 is 18.2 Å². The van der Waals surface area contributed by atoms with E-state index < -0.39 is 55.0 Å². The molecule has 3 aliphatic heterocycles. The number of aromatic nitrogens is 5. The van der Waals surface area contributed by atoms with E-state index in [4.69, 9.17) is 33.9 Å². The molecule has 2 aromatic carbocycles. The Labute approximate surface area is 422 Å². The predicted octanol–water partition coefficient (Wildman–Crippen LogP) is 11.6. The van der Waals surface area contributed by atoms with Gasteiger partial charge in [-0.2, -0.15) is 14.9 Å². The molecule has 2 amide bonds. The molecular weight excluding hydrogens is 939 g/mol. The van der Waals surface area contributed by atoms with Crippen LogP contribution < -0.4 is 19.3 Å². The Bertz CT molecular complexity index is 2920. The number of rotatable bonds is 10. The van der Waals surface area contributed by atoms with Crippen LogP contribution in [-0.2, 0) is 9.47 Å². The van der Waals surface area contributed by atoms with Gasteiger partial charge in [-0.25, -0.2) is 28.3 Å². The molecule has 5 aromatic rings. The number of aromatic hydroxyl groups is 1. The van der Waals surface area contributed by atoms with Crippen LogP contribution in [0.2, 0.25) is 16.6 Å². The van der Waals surface area contributed by atoms with Gasteiger partial charge in [-0.1, -0.05) is 59.6 Å². The molecule has 0 spiro atoms. The van der Waals surface area contributed by atoms with E-state index in [2.05, 4.69) is 67.9 Å². The topological polar surface area (TPSA) is 165 Å². The van der Waals surface area contributed by atoms with Crippen LogP contribution in [0.25, 0.3) is 32.9 Å². The number of ether oxygens (including phenoxy) is 4. The number of fused-ring (bicyclic) bond motifs is 2. The summed E-state index contributed by atoms with van der Waals surface area (Å²) in [5.74, 6) is 2.64. The summed E-state index contributed by atoms with van der Waals surface area (Å²) in [7, 11) is -2.23. The molecule has 0 unspecified atom stereocenters. The number of halogens is 2. The molecule has 0 saturated carbocycles. The fourth-order valence-electron chi connectivity index (χ4n) is 11.2. The second-order valence-corrected chi connectivity index (χ2v) is 27.9. The molecule has 0 bridgehead atoms. The highest BCUT2D eigenvalue weighted by Crippen LogP contribution is 2.46. The Morgan fingerprint density at radius 1 is 0.931 bits per heavy atom. The Hall–Kier alpha value is -6.19. The summed E-state index contributed by atoms with van der Waals surface area (Å²) in [5, 5.41) is 12.6. The van der Waals surface area contributed by atoms with E-state index in [1.54, 1.807) is 59.4 Å². The van der Waals surface area contributed by atoms with Gasteiger partial charge in [-0.3, -0.25) is 9.88 Å². The van der Waals surface area contributed by atoms with Gasteiger partial charge in [0.1, 0.15) is 72.5 Å². The van der Waals surface area contributed by atoms with Crippen molar-refractivity contribution >= 4 is 53.6 Å². The number of alkyl halides is 1. The summed E-state index contributed by atoms with van der Waals surface area (Å²) >= 11 is 0. The number of anilines is 2. The summed E-state index contributed by atoms with van der Waals surface area (Å²) < 4.78 is 57.5. The minimum Gasteiger partial charge on any atom is -0.508 e. The second-order valence-electron chi connectivity index (χ2n) is 22.3. The summed E-state index contributed by atoms with van der Waals surface area (Å²) in [4.78, 5) is 56.3. The second kappa shape index (κ2) is 19.7. The first-order valence-electron chi connectivity index (χ1n) is 25.0. The highest BCUT2D eigenvalue weighted by molar-refractivity contribution is 6.90. The molecule has 3 atom stereocenters. The van der Waals surface area contributed by atoms with E-state index in [-0.39, 0.29) is 83.3 Å². The van der Waals surface area contributed by atoms with Gasteiger partial charge in [-0.15, -0.1) is 5.54 Å². The monoisotopic (exact) mass is 1010 g/mol. The average Bonchev–Trinajstić information content (AvgIpc) is 3.74. The summed E-state index contributed by atoms with van der Waals surface area (Å²) in [6.45, 7) is 26.5. The molecule has 2 saturated heterocycles. The third kappa shape index (κ3) is 9.98. The smallest absolute Gasteiger partial charge is 0.425 e. The maximum atomic E-state index is 18.2. The Balaban J connectivity index is 1.33. The van der Waals surface area contributed by atoms with Crippen molar-refractivity contribution in [2.75, 3.05) is 42.6 Å². The molecule has 1 N–H and O–H groups in total. The number of pyridine rings is 1. The van der Waals surface area contributed by atoms with Crippen LogP contribution in [0.5, 0.6) is 17.6 Å². The number of carbonyl (C=O) groups is 2. The van der Waals surface area contributed by atoms with Gasteiger partial charge in [0.05, 0.1) is 18.1 Å². The number of phenols is 1. The third-order valence-corrected chi connectivity index (χ3v) is 20.5. The van der Waals surface area contributed by atoms with Crippen LogP contribution in [0, 0.1) is 17.3 Å². The maximum Gasteiger partial charge on any atom is 0.425 e. The van der Waals surface area contributed by atoms with Crippen molar-refractivity contribution in [3.63, 3.8) is 0 Å². The standard InChI is InChI=1S/C54H68F2N8O7Si/c1-31(2)72(32(3)4,33(5)6)25-18-35-16-14-17-36-26-38(65)27-39(40(35)36)44-42(56)45-41-46(61-49(60-45)69-30-54-19-15-22-62(54)29-37(55)28-54)63(23-24-68-48(41)59-44)34(7)43-47(58-21-20-57-43)64(50(66)70-52(8,9)10)51(67)71-53(11,12)13/h14,16-17,20-21,26-27,31-34,37,65H,15,19,22-24,28-30H2,1-13H3/t34-,37-,54+/m1/s1. The fraction of sp³-hybridized carbons (Fsp3) is 0.537. The Morgan fingerprint density at radius 2 is 1.60 bits per heavy atom. The Morgan fingerprint density at radius 3 is 2.25 bits per heavy atom. The Kier molecular flexibility index (Phi) is 14.2. The lowest BCUT2D eigenvalue weighted by atomic mass is 9.95. The molecule has 8 rings (SSSR count). The first-order valence-corrected chi connectivity index (χ1v) is 27.3. The summed E-state index contributed by atoms with van der Waals surface area (Å²) in [6, 6.07) is 7.72. The van der Waals surface area contributed by atoms with Crippen LogP contribution in [-0.4, -0.2) is 111 Å². The lowest BCUT2D eigenvalue weighted by Crippen LogP contribution is -2.45. The highest BCUT2D eigenvalue weighted by atomic mass is 28.3. The zero-order chi connectivity index (χ0) is 52.2. The largest absolute Gasteiger partial charge is 0.508 e. The minimum atomic E-state index is -2.23. The van der Waals surface area contributed by atoms with Crippen LogP contribution in [0.15, 0.2) is 42.7 Å². The molecule has 384 valence electrons. The number of hydrogen-bond donors (Lipinski definition) is 1. The van der Waals surface area contributed by atoms with Gasteiger partial charge in [0, 0.05) is 41.9 Å². The summed E-state index contributed by atoms with van der Waals surface area (Å²) in [6.07, 6.45) is 1.55. The molecule has 3 aromatic heterocycles. The first kappa shape index (κ1) is 52.1. The van der Waals surface area contributed by atoms with Crippen molar-refractivity contribution in [3.05, 3.63) is 59.8 Å². The molecular formula is C54H68F2N8O7Si. The summed E-state index contributed by atoms with van der Waals surface area (Å²) in [5.41, 5.74) is 3.09. The van der Waals surface area contributed by atoms with Gasteiger partial charge in [0.15, 0.2) is 11.6 Å². The van der Waals surface area contributed by atoms with Crippen molar-refractivity contribution in [2.45, 2.75) is 155 Å². The fourth-order valence-corrected chi connectivity index (χ4v) is 16.4. The molecule has 0 aliphatic carbocycles. The van der Waals surface area contributed by atoms with E-state index in [0.29, 0.717) is 45.9 Å². The van der Waals surface area contributed by atoms with E-state index in [9.17, 15) is 14.7 Å². The molecule has 18 heteroatoms. The zero-order valence-corrected chi connectivity index (χ0v) is 44.8. The van der Waals surface area contributed by atoms with Crippen molar-refractivity contribution in [3.8, 4) is 40.4 Å². The quantitative estimate of drug-likeness (QED) is 0.104. The van der Waals surface area contributed by atoms with E-state index in [1.165, 1.54) is 18.5 Å². The molecule has 6 heterocycles. The van der Waals surface area contributed by atoms with Crippen LogP contribution in [0.1, 0.15) is 127 Å². The molecule has 2 fully saturated rings. The van der Waals surface area contributed by atoms with Crippen molar-refractivity contribution in [1.82, 2.24) is 29.8 Å². The minimum absolute atomic E-state index is 0.00128. The van der Waals surface area contributed by atoms with Gasteiger partial charge in [-0.05, 0) is 108 Å². The molecule has 72 heavy (non-hydrogen) atoms. The van der Waals surface area contributed by atoms with Gasteiger partial charge in [0.25, 0.3) is 0 Å². The maximum absolute atomic E-state index is 18.2. The lowest BCUT2D eigenvalue weighted by molar-refractivity contribution is 0.0428. The zero-order valence-electron chi connectivity index (χ0n) is 43.8. The number of amides is 2. The number of nitrogens with zero attached hydrogens (tertiary/aromatic N) is 8. The molecule has 15 nitrogen and oxygen atoms in total. The average molecular weight is 1010 g/mol. The molecule has 3 aliphatic rings. The third-order valence-electron chi connectivity index (χ3n) is 14.2. The number of hydrogen-bond acceptors (Lipinski definition) is 14. The predicted molar refractivity (Wildman–Crippen MR) is 277 cm³/mol. The van der Waals surface area contributed by atoms with Crippen LogP contribution >= 0.6 is 0 Å². The van der Waals surface area contributed by atoms with Crippen LogP contribution in [0.4, 0.5) is 30.0 Å². The number of phenolic OH excluding ortho intramolecular Hbond substituents is 1. The highest BCUT2D eigenvalue weighted by Gasteiger charge is 2.50.